The van der Waals surface area contributed by atoms with Crippen LogP contribution in [0.25, 0.3) is 11.3 Å². The quantitative estimate of drug-likeness (QED) is 0.417. The topological polar surface area (TPSA) is 58.4 Å². The molecule has 182 valence electrons. The van der Waals surface area contributed by atoms with Crippen molar-refractivity contribution in [2.24, 2.45) is 0 Å². The number of hydrogen-bond donors (Lipinski definition) is 0. The van der Waals surface area contributed by atoms with Crippen LogP contribution < -0.4 is 5.56 Å². The van der Waals surface area contributed by atoms with Gasteiger partial charge in [0.05, 0.1) is 11.7 Å². The number of aromatic nitrogens is 2. The Morgan fingerprint density at radius 3 is 1.94 bits per heavy atom. The SMILES string of the molecule is O=C(Cn1nc(-c2ccc(F)cc2)ccc1=O)N1CCN(C(c2ccccc2)c2ccccc2)CC1. The second kappa shape index (κ2) is 10.7. The van der Waals surface area contributed by atoms with E-state index in [2.05, 4.69) is 58.5 Å². The number of carbonyl (C=O) groups excluding carboxylic acids is 1. The van der Waals surface area contributed by atoms with E-state index in [0.717, 1.165) is 13.1 Å². The number of amides is 1. The molecule has 1 aliphatic heterocycles. The Balaban J connectivity index is 1.28. The van der Waals surface area contributed by atoms with E-state index in [1.807, 2.05) is 12.1 Å². The number of piperazine rings is 1. The Kier molecular flexibility index (Phi) is 7.00. The van der Waals surface area contributed by atoms with Crippen molar-refractivity contribution >= 4 is 5.91 Å². The molecular formula is C29H27FN4O2. The molecule has 3 aromatic carbocycles. The van der Waals surface area contributed by atoms with E-state index in [9.17, 15) is 14.0 Å². The molecule has 0 radical (unpaired) electrons. The number of halogens is 1. The Hall–Kier alpha value is -4.10. The zero-order chi connectivity index (χ0) is 24.9. The first-order valence-corrected chi connectivity index (χ1v) is 12.0. The summed E-state index contributed by atoms with van der Waals surface area (Å²) in [6, 6.07) is 29.8. The largest absolute Gasteiger partial charge is 0.339 e. The van der Waals surface area contributed by atoms with E-state index in [0.29, 0.717) is 24.3 Å². The number of nitrogens with zero attached hydrogens (tertiary/aromatic N) is 4. The van der Waals surface area contributed by atoms with Crippen molar-refractivity contribution in [2.75, 3.05) is 26.2 Å². The Morgan fingerprint density at radius 1 is 0.778 bits per heavy atom. The number of carbonyl (C=O) groups is 1. The summed E-state index contributed by atoms with van der Waals surface area (Å²) < 4.78 is 14.4. The second-order valence-electron chi connectivity index (χ2n) is 8.86. The molecule has 6 nitrogen and oxygen atoms in total. The average molecular weight is 483 g/mol. The van der Waals surface area contributed by atoms with E-state index < -0.39 is 0 Å². The summed E-state index contributed by atoms with van der Waals surface area (Å²) in [5, 5.41) is 4.35. The highest BCUT2D eigenvalue weighted by molar-refractivity contribution is 5.76. The molecule has 4 aromatic rings. The fourth-order valence-electron chi connectivity index (χ4n) is 4.68. The minimum absolute atomic E-state index is 0.112. The lowest BCUT2D eigenvalue weighted by Gasteiger charge is -2.39. The minimum Gasteiger partial charge on any atom is -0.339 e. The molecule has 0 saturated carbocycles. The van der Waals surface area contributed by atoms with Crippen molar-refractivity contribution in [3.8, 4) is 11.3 Å². The molecule has 1 aromatic heterocycles. The van der Waals surface area contributed by atoms with Crippen LogP contribution in [-0.4, -0.2) is 51.7 Å². The van der Waals surface area contributed by atoms with Gasteiger partial charge < -0.3 is 4.90 Å². The summed E-state index contributed by atoms with van der Waals surface area (Å²) in [5.41, 5.74) is 3.29. The third-order valence-corrected chi connectivity index (χ3v) is 6.55. The van der Waals surface area contributed by atoms with Gasteiger partial charge in [-0.2, -0.15) is 5.10 Å². The van der Waals surface area contributed by atoms with Crippen molar-refractivity contribution in [3.63, 3.8) is 0 Å². The van der Waals surface area contributed by atoms with E-state index in [4.69, 9.17) is 0 Å². The normalized spacial score (nSPS) is 14.2. The van der Waals surface area contributed by atoms with Crippen molar-refractivity contribution < 1.29 is 9.18 Å². The van der Waals surface area contributed by atoms with Crippen LogP contribution in [0, 0.1) is 5.82 Å². The molecule has 1 amide bonds. The molecule has 5 rings (SSSR count). The van der Waals surface area contributed by atoms with Crippen LogP contribution in [0.15, 0.2) is 102 Å². The van der Waals surface area contributed by atoms with Crippen LogP contribution >= 0.6 is 0 Å². The zero-order valence-electron chi connectivity index (χ0n) is 19.8. The lowest BCUT2D eigenvalue weighted by Crippen LogP contribution is -2.51. The van der Waals surface area contributed by atoms with Gasteiger partial charge in [-0.25, -0.2) is 9.07 Å². The Morgan fingerprint density at radius 2 is 1.36 bits per heavy atom. The fraction of sp³-hybridized carbons (Fsp3) is 0.207. The van der Waals surface area contributed by atoms with Gasteiger partial charge in [-0.15, -0.1) is 0 Å². The first-order valence-electron chi connectivity index (χ1n) is 12.0. The summed E-state index contributed by atoms with van der Waals surface area (Å²) in [6.45, 7) is 2.45. The maximum atomic E-state index is 13.3. The maximum Gasteiger partial charge on any atom is 0.267 e. The fourth-order valence-corrected chi connectivity index (χ4v) is 4.68. The van der Waals surface area contributed by atoms with Gasteiger partial charge in [0, 0.05) is 37.8 Å². The summed E-state index contributed by atoms with van der Waals surface area (Å²) in [7, 11) is 0. The predicted molar refractivity (Wildman–Crippen MR) is 137 cm³/mol. The van der Waals surface area contributed by atoms with Crippen molar-refractivity contribution in [2.45, 2.75) is 12.6 Å². The van der Waals surface area contributed by atoms with E-state index >= 15 is 0 Å². The lowest BCUT2D eigenvalue weighted by atomic mass is 9.96. The Labute approximate surface area is 209 Å². The van der Waals surface area contributed by atoms with Crippen molar-refractivity contribution in [3.05, 3.63) is 124 Å². The first-order chi connectivity index (χ1) is 17.6. The van der Waals surface area contributed by atoms with Gasteiger partial charge in [0.2, 0.25) is 5.91 Å². The van der Waals surface area contributed by atoms with Crippen LogP contribution in [0.1, 0.15) is 17.2 Å². The van der Waals surface area contributed by atoms with Crippen LogP contribution in [0.5, 0.6) is 0 Å². The molecule has 0 spiro atoms. The molecule has 1 aliphatic rings. The summed E-state index contributed by atoms with van der Waals surface area (Å²) in [6.07, 6.45) is 0. The minimum atomic E-state index is -0.346. The standard InChI is InChI=1S/C29H27FN4O2/c30-25-13-11-22(12-14-25)26-15-16-27(35)34(31-26)21-28(36)32-17-19-33(20-18-32)29(23-7-3-1-4-8-23)24-9-5-2-6-10-24/h1-16,29H,17-21H2. The van der Waals surface area contributed by atoms with Gasteiger partial charge in [0.25, 0.3) is 5.56 Å². The molecular weight excluding hydrogens is 455 g/mol. The first kappa shape index (κ1) is 23.6. The van der Waals surface area contributed by atoms with Crippen LogP contribution in [0.4, 0.5) is 4.39 Å². The van der Waals surface area contributed by atoms with E-state index in [-0.39, 0.29) is 29.9 Å². The monoisotopic (exact) mass is 482 g/mol. The highest BCUT2D eigenvalue weighted by Gasteiger charge is 2.28. The average Bonchev–Trinajstić information content (AvgIpc) is 2.92. The van der Waals surface area contributed by atoms with Gasteiger partial charge in [-0.3, -0.25) is 14.5 Å². The molecule has 0 unspecified atom stereocenters. The summed E-state index contributed by atoms with van der Waals surface area (Å²) in [5.74, 6) is -0.486. The zero-order valence-corrected chi connectivity index (χ0v) is 19.8. The molecule has 0 atom stereocenters. The van der Waals surface area contributed by atoms with Crippen LogP contribution in [0.3, 0.4) is 0 Å². The predicted octanol–water partition coefficient (Wildman–Crippen LogP) is 3.98. The van der Waals surface area contributed by atoms with Crippen LogP contribution in [-0.2, 0) is 11.3 Å². The summed E-state index contributed by atoms with van der Waals surface area (Å²) >= 11 is 0. The second-order valence-corrected chi connectivity index (χ2v) is 8.86. The molecule has 1 fully saturated rings. The van der Waals surface area contributed by atoms with E-state index in [1.165, 1.54) is 34.0 Å². The molecule has 36 heavy (non-hydrogen) atoms. The van der Waals surface area contributed by atoms with Gasteiger partial charge in [-0.05, 0) is 41.5 Å². The molecule has 0 N–H and O–H groups in total. The Bertz CT molecular complexity index is 1330. The van der Waals surface area contributed by atoms with Gasteiger partial charge in [0.15, 0.2) is 0 Å². The highest BCUT2D eigenvalue weighted by atomic mass is 19.1. The smallest absolute Gasteiger partial charge is 0.267 e. The third kappa shape index (κ3) is 5.26. The highest BCUT2D eigenvalue weighted by Crippen LogP contribution is 2.29. The van der Waals surface area contributed by atoms with Crippen LogP contribution in [0.2, 0.25) is 0 Å². The van der Waals surface area contributed by atoms with Crippen molar-refractivity contribution in [1.82, 2.24) is 19.6 Å². The summed E-state index contributed by atoms with van der Waals surface area (Å²) in [4.78, 5) is 29.7. The molecule has 1 saturated heterocycles. The molecule has 0 bridgehead atoms. The van der Waals surface area contributed by atoms with Gasteiger partial charge in [0.1, 0.15) is 12.4 Å². The lowest BCUT2D eigenvalue weighted by molar-refractivity contribution is -0.134. The molecule has 0 aliphatic carbocycles. The van der Waals surface area contributed by atoms with Crippen molar-refractivity contribution in [1.29, 1.82) is 0 Å². The molecule has 7 heteroatoms. The third-order valence-electron chi connectivity index (χ3n) is 6.55. The molecule has 2 heterocycles. The number of rotatable bonds is 6. The van der Waals surface area contributed by atoms with Gasteiger partial charge >= 0.3 is 0 Å². The van der Waals surface area contributed by atoms with Gasteiger partial charge in [-0.1, -0.05) is 60.7 Å². The van der Waals surface area contributed by atoms with E-state index in [1.54, 1.807) is 23.1 Å². The number of benzene rings is 3. The maximum absolute atomic E-state index is 13.3. The number of hydrogen-bond acceptors (Lipinski definition) is 4.